The van der Waals surface area contributed by atoms with Crippen LogP contribution >= 0.6 is 0 Å². The van der Waals surface area contributed by atoms with Crippen molar-refractivity contribution in [2.24, 2.45) is 0 Å². The standard InChI is InChI=1S/C40H78O.C4H6O2/c1-3-5-7-9-11-13-15-17-19-21-23-25-27-29-31-33-35-37-39-41-40-38-36-34-32-30-28-26-24-22-20-18-16-14-12-10-8-6-4-2;1-3-6-4(2)5/h37-40H,3-36H2,1-2H3;3H,1H2,2H3. The second-order valence-electron chi connectivity index (χ2n) is 13.8. The van der Waals surface area contributed by atoms with Gasteiger partial charge in [-0.3, -0.25) is 4.79 Å². The van der Waals surface area contributed by atoms with E-state index in [0.717, 1.165) is 19.1 Å². The molecule has 0 aliphatic carbocycles. The normalized spacial score (nSPS) is 11.2. The molecule has 0 aromatic heterocycles. The van der Waals surface area contributed by atoms with E-state index in [1.807, 2.05) is 12.5 Å². The van der Waals surface area contributed by atoms with Crippen LogP contribution in [0.1, 0.15) is 239 Å². The molecule has 0 amide bonds. The van der Waals surface area contributed by atoms with E-state index in [4.69, 9.17) is 4.74 Å². The summed E-state index contributed by atoms with van der Waals surface area (Å²) in [4.78, 5) is 9.75. The molecule has 0 aliphatic rings. The van der Waals surface area contributed by atoms with Crippen LogP contribution < -0.4 is 0 Å². The van der Waals surface area contributed by atoms with Crippen LogP contribution in [0, 0.1) is 0 Å². The summed E-state index contributed by atoms with van der Waals surface area (Å²) in [5, 5.41) is 0. The highest BCUT2D eigenvalue weighted by Crippen LogP contribution is 2.15. The van der Waals surface area contributed by atoms with E-state index in [2.05, 4.69) is 37.3 Å². The van der Waals surface area contributed by atoms with Gasteiger partial charge in [0.2, 0.25) is 0 Å². The van der Waals surface area contributed by atoms with Crippen molar-refractivity contribution in [3.05, 3.63) is 37.5 Å². The van der Waals surface area contributed by atoms with Gasteiger partial charge in [0.1, 0.15) is 0 Å². The lowest BCUT2D eigenvalue weighted by Crippen LogP contribution is -1.87. The Hall–Kier alpha value is -1.51. The summed E-state index contributed by atoms with van der Waals surface area (Å²) in [5.74, 6) is -0.329. The fraction of sp³-hybridized carbons (Fsp3) is 0.841. The average Bonchev–Trinajstić information content (AvgIpc) is 3.06. The minimum atomic E-state index is -0.329. The van der Waals surface area contributed by atoms with Gasteiger partial charge in [0.25, 0.3) is 0 Å². The lowest BCUT2D eigenvalue weighted by atomic mass is 10.0. The van der Waals surface area contributed by atoms with Gasteiger partial charge in [-0.2, -0.15) is 0 Å². The van der Waals surface area contributed by atoms with Gasteiger partial charge in [0.15, 0.2) is 0 Å². The van der Waals surface area contributed by atoms with Crippen LogP contribution in [-0.2, 0) is 14.3 Å². The van der Waals surface area contributed by atoms with E-state index in [1.165, 1.54) is 212 Å². The Bertz CT molecular complexity index is 594. The van der Waals surface area contributed by atoms with E-state index in [0.29, 0.717) is 0 Å². The van der Waals surface area contributed by atoms with Gasteiger partial charge in [0.05, 0.1) is 18.8 Å². The van der Waals surface area contributed by atoms with E-state index >= 15 is 0 Å². The minimum Gasteiger partial charge on any atom is -0.473 e. The first kappa shape index (κ1) is 47.6. The molecular formula is C44H84O3. The quantitative estimate of drug-likeness (QED) is 0.0378. The number of ether oxygens (including phenoxy) is 2. The number of rotatable bonds is 37. The first-order valence-electron chi connectivity index (χ1n) is 20.9. The van der Waals surface area contributed by atoms with Crippen molar-refractivity contribution in [2.75, 3.05) is 0 Å². The zero-order valence-electron chi connectivity index (χ0n) is 32.4. The van der Waals surface area contributed by atoms with Crippen molar-refractivity contribution in [2.45, 2.75) is 239 Å². The number of hydrogen-bond donors (Lipinski definition) is 0. The molecule has 0 unspecified atom stereocenters. The Morgan fingerprint density at radius 3 is 0.851 bits per heavy atom. The molecule has 0 N–H and O–H groups in total. The summed E-state index contributed by atoms with van der Waals surface area (Å²) in [7, 11) is 0. The fourth-order valence-electron chi connectivity index (χ4n) is 6.03. The molecule has 0 aromatic rings. The summed E-state index contributed by atoms with van der Waals surface area (Å²) in [5.41, 5.74) is 0. The lowest BCUT2D eigenvalue weighted by Gasteiger charge is -2.03. The smallest absolute Gasteiger partial charge is 0.307 e. The third kappa shape index (κ3) is 51.5. The van der Waals surface area contributed by atoms with Crippen LogP contribution in [0.25, 0.3) is 0 Å². The van der Waals surface area contributed by atoms with Gasteiger partial charge < -0.3 is 9.47 Å². The van der Waals surface area contributed by atoms with Crippen LogP contribution in [0.3, 0.4) is 0 Å². The number of allylic oxidation sites excluding steroid dienone is 2. The third-order valence-electron chi connectivity index (χ3n) is 9.05. The molecule has 278 valence electrons. The first-order valence-corrected chi connectivity index (χ1v) is 20.9. The summed E-state index contributed by atoms with van der Waals surface area (Å²) in [6, 6.07) is 0. The number of esters is 1. The third-order valence-corrected chi connectivity index (χ3v) is 9.05. The van der Waals surface area contributed by atoms with Crippen molar-refractivity contribution in [1.82, 2.24) is 0 Å². The van der Waals surface area contributed by atoms with Gasteiger partial charge in [-0.25, -0.2) is 0 Å². The Morgan fingerprint density at radius 1 is 0.426 bits per heavy atom. The molecule has 3 heteroatoms. The average molecular weight is 661 g/mol. The van der Waals surface area contributed by atoms with E-state index < -0.39 is 0 Å². The fourth-order valence-corrected chi connectivity index (χ4v) is 6.03. The van der Waals surface area contributed by atoms with Crippen LogP contribution in [0.15, 0.2) is 37.5 Å². The topological polar surface area (TPSA) is 35.5 Å². The molecule has 47 heavy (non-hydrogen) atoms. The summed E-state index contributed by atoms with van der Waals surface area (Å²) < 4.78 is 9.70. The van der Waals surface area contributed by atoms with Crippen molar-refractivity contribution >= 4 is 5.97 Å². The van der Waals surface area contributed by atoms with Crippen molar-refractivity contribution in [3.63, 3.8) is 0 Å². The van der Waals surface area contributed by atoms with Crippen LogP contribution in [0.5, 0.6) is 0 Å². The van der Waals surface area contributed by atoms with Gasteiger partial charge >= 0.3 is 5.97 Å². The molecule has 3 nitrogen and oxygen atoms in total. The highest BCUT2D eigenvalue weighted by molar-refractivity contribution is 5.66. The molecule has 0 radical (unpaired) electrons. The van der Waals surface area contributed by atoms with Gasteiger partial charge in [-0.05, 0) is 37.8 Å². The van der Waals surface area contributed by atoms with Crippen molar-refractivity contribution in [1.29, 1.82) is 0 Å². The zero-order valence-corrected chi connectivity index (χ0v) is 32.4. The molecular weight excluding hydrogens is 576 g/mol. The van der Waals surface area contributed by atoms with Gasteiger partial charge in [-0.15, -0.1) is 0 Å². The minimum absolute atomic E-state index is 0.329. The van der Waals surface area contributed by atoms with Crippen molar-refractivity contribution in [3.8, 4) is 0 Å². The maximum atomic E-state index is 9.75. The maximum Gasteiger partial charge on any atom is 0.307 e. The maximum absolute atomic E-state index is 9.75. The highest BCUT2D eigenvalue weighted by atomic mass is 16.5. The second kappa shape index (κ2) is 46.6. The van der Waals surface area contributed by atoms with Crippen LogP contribution in [-0.4, -0.2) is 5.97 Å². The zero-order chi connectivity index (χ0) is 34.6. The number of carbonyl (C=O) groups is 1. The number of unbranched alkanes of at least 4 members (excludes halogenated alkanes) is 32. The second-order valence-corrected chi connectivity index (χ2v) is 13.8. The predicted molar refractivity (Wildman–Crippen MR) is 210 cm³/mol. The Morgan fingerprint density at radius 2 is 0.660 bits per heavy atom. The Kier molecular flexibility index (Phi) is 47.2. The predicted octanol–water partition coefficient (Wildman–Crippen LogP) is 16.0. The Balaban J connectivity index is 0. The molecule has 0 rings (SSSR count). The van der Waals surface area contributed by atoms with Crippen LogP contribution in [0.4, 0.5) is 0 Å². The van der Waals surface area contributed by atoms with Crippen molar-refractivity contribution < 1.29 is 14.3 Å². The highest BCUT2D eigenvalue weighted by Gasteiger charge is 1.96. The Labute approximate surface area is 296 Å². The van der Waals surface area contributed by atoms with Gasteiger partial charge in [-0.1, -0.05) is 213 Å². The molecule has 0 fully saturated rings. The SMILES string of the molecule is C=COC(C)=O.CCCCCCCCCCCCCCCCCCC=COC=CCCCCCCCCCCCCCCCCCC. The number of carbonyl (C=O) groups excluding carboxylic acids is 1. The lowest BCUT2D eigenvalue weighted by molar-refractivity contribution is -0.135. The summed E-state index contributed by atoms with van der Waals surface area (Å²) in [6.07, 6.45) is 57.5. The largest absolute Gasteiger partial charge is 0.473 e. The molecule has 0 spiro atoms. The monoisotopic (exact) mass is 661 g/mol. The van der Waals surface area contributed by atoms with E-state index in [-0.39, 0.29) is 5.97 Å². The molecule has 0 bridgehead atoms. The molecule has 0 aliphatic heterocycles. The molecule has 0 atom stereocenters. The molecule has 0 saturated heterocycles. The first-order chi connectivity index (χ1) is 23.2. The van der Waals surface area contributed by atoms with E-state index in [1.54, 1.807) is 0 Å². The summed E-state index contributed by atoms with van der Waals surface area (Å²) in [6.45, 7) is 9.08. The molecule has 0 aromatic carbocycles. The van der Waals surface area contributed by atoms with Crippen LogP contribution in [0.2, 0.25) is 0 Å². The summed E-state index contributed by atoms with van der Waals surface area (Å²) >= 11 is 0. The number of hydrogen-bond acceptors (Lipinski definition) is 3. The molecule has 0 saturated carbocycles. The van der Waals surface area contributed by atoms with Gasteiger partial charge in [0, 0.05) is 6.92 Å². The van der Waals surface area contributed by atoms with E-state index in [9.17, 15) is 4.79 Å². The molecule has 0 heterocycles.